The van der Waals surface area contributed by atoms with Crippen LogP contribution in [0.25, 0.3) is 11.6 Å². The molecule has 0 saturated heterocycles. The fraction of sp³-hybridized carbons (Fsp3) is 0.238. The van der Waals surface area contributed by atoms with Gasteiger partial charge in [-0.2, -0.15) is 5.26 Å². The van der Waals surface area contributed by atoms with Crippen molar-refractivity contribution in [2.24, 2.45) is 0 Å². The number of esters is 1. The smallest absolute Gasteiger partial charge is 0.308 e. The third-order valence-electron chi connectivity index (χ3n) is 3.65. The van der Waals surface area contributed by atoms with Crippen LogP contribution >= 0.6 is 0 Å². The van der Waals surface area contributed by atoms with Gasteiger partial charge >= 0.3 is 5.97 Å². The van der Waals surface area contributed by atoms with E-state index in [4.69, 9.17) is 18.9 Å². The number of nitrogens with zero attached hydrogens (tertiary/aromatic N) is 1. The molecule has 0 aliphatic rings. The monoisotopic (exact) mass is 367 g/mol. The lowest BCUT2D eigenvalue weighted by molar-refractivity contribution is -0.132. The molecule has 0 aromatic heterocycles. The van der Waals surface area contributed by atoms with Gasteiger partial charge in [0.05, 0.1) is 32.5 Å². The van der Waals surface area contributed by atoms with E-state index in [1.807, 2.05) is 13.0 Å². The molecule has 0 N–H and O–H groups in total. The molecule has 0 spiro atoms. The molecule has 6 nitrogen and oxygen atoms in total. The molecule has 140 valence electrons. The SMILES string of the molecule is CCOc1cc(/C(C#N)=C/c2ccc(OC)c(OC)c2)ccc1OC(C)=O. The summed E-state index contributed by atoms with van der Waals surface area (Å²) in [5.74, 6) is 1.46. The Morgan fingerprint density at radius 2 is 1.74 bits per heavy atom. The number of benzene rings is 2. The second-order valence-electron chi connectivity index (χ2n) is 5.47. The number of ether oxygens (including phenoxy) is 4. The van der Waals surface area contributed by atoms with Gasteiger partial charge < -0.3 is 18.9 Å². The van der Waals surface area contributed by atoms with E-state index in [2.05, 4.69) is 6.07 Å². The normalized spacial score (nSPS) is 10.7. The molecule has 2 rings (SSSR count). The Morgan fingerprint density at radius 3 is 2.33 bits per heavy atom. The number of rotatable bonds is 7. The maximum Gasteiger partial charge on any atom is 0.308 e. The standard InChI is InChI=1S/C21H21NO5/c1-5-26-21-12-16(7-9-19(21)27-14(2)23)17(13-22)10-15-6-8-18(24-3)20(11-15)25-4/h6-12H,5H2,1-4H3/b17-10+. The zero-order chi connectivity index (χ0) is 19.8. The minimum absolute atomic E-state index is 0.316. The third-order valence-corrected chi connectivity index (χ3v) is 3.65. The zero-order valence-corrected chi connectivity index (χ0v) is 15.7. The van der Waals surface area contributed by atoms with Gasteiger partial charge in [0.25, 0.3) is 0 Å². The predicted octanol–water partition coefficient (Wildman–Crippen LogP) is 4.09. The zero-order valence-electron chi connectivity index (χ0n) is 15.7. The molecule has 0 radical (unpaired) electrons. The Morgan fingerprint density at radius 1 is 1.04 bits per heavy atom. The highest BCUT2D eigenvalue weighted by atomic mass is 16.6. The first-order chi connectivity index (χ1) is 13.0. The molecular formula is C21H21NO5. The van der Waals surface area contributed by atoms with E-state index in [1.165, 1.54) is 6.92 Å². The molecule has 0 atom stereocenters. The van der Waals surface area contributed by atoms with E-state index < -0.39 is 5.97 Å². The number of carbonyl (C=O) groups is 1. The van der Waals surface area contributed by atoms with Crippen molar-refractivity contribution in [1.82, 2.24) is 0 Å². The molecule has 0 heterocycles. The van der Waals surface area contributed by atoms with Crippen molar-refractivity contribution < 1.29 is 23.7 Å². The molecule has 0 amide bonds. The van der Waals surface area contributed by atoms with Gasteiger partial charge in [0.1, 0.15) is 0 Å². The summed E-state index contributed by atoms with van der Waals surface area (Å²) in [6, 6.07) is 12.6. The first kappa shape index (κ1) is 19.9. The first-order valence-electron chi connectivity index (χ1n) is 8.31. The van der Waals surface area contributed by atoms with Gasteiger partial charge in [0.2, 0.25) is 0 Å². The number of methoxy groups -OCH3 is 2. The molecule has 2 aromatic rings. The van der Waals surface area contributed by atoms with Crippen LogP contribution in [-0.2, 0) is 4.79 Å². The van der Waals surface area contributed by atoms with Crippen molar-refractivity contribution in [2.75, 3.05) is 20.8 Å². The summed E-state index contributed by atoms with van der Waals surface area (Å²) in [5, 5.41) is 9.60. The molecular weight excluding hydrogens is 346 g/mol. The van der Waals surface area contributed by atoms with E-state index in [0.717, 1.165) is 5.56 Å². The summed E-state index contributed by atoms with van der Waals surface area (Å²) in [5.41, 5.74) is 1.86. The van der Waals surface area contributed by atoms with E-state index >= 15 is 0 Å². The molecule has 6 heteroatoms. The van der Waals surface area contributed by atoms with Crippen LogP contribution in [0.5, 0.6) is 23.0 Å². The van der Waals surface area contributed by atoms with Crippen LogP contribution in [0.4, 0.5) is 0 Å². The molecule has 27 heavy (non-hydrogen) atoms. The van der Waals surface area contributed by atoms with Gasteiger partial charge in [-0.25, -0.2) is 0 Å². The van der Waals surface area contributed by atoms with Crippen LogP contribution in [-0.4, -0.2) is 26.8 Å². The van der Waals surface area contributed by atoms with Gasteiger partial charge in [-0.1, -0.05) is 6.07 Å². The quantitative estimate of drug-likeness (QED) is 0.317. The topological polar surface area (TPSA) is 77.8 Å². The highest BCUT2D eigenvalue weighted by molar-refractivity contribution is 5.90. The van der Waals surface area contributed by atoms with Crippen LogP contribution in [0, 0.1) is 11.3 Å². The van der Waals surface area contributed by atoms with Crippen molar-refractivity contribution in [3.05, 3.63) is 47.5 Å². The lowest BCUT2D eigenvalue weighted by Crippen LogP contribution is -2.04. The Bertz CT molecular complexity index is 896. The van der Waals surface area contributed by atoms with E-state index in [-0.39, 0.29) is 0 Å². The number of carbonyl (C=O) groups excluding carboxylic acids is 1. The molecule has 0 saturated carbocycles. The van der Waals surface area contributed by atoms with Gasteiger partial charge in [-0.3, -0.25) is 4.79 Å². The fourth-order valence-electron chi connectivity index (χ4n) is 2.47. The van der Waals surface area contributed by atoms with E-state index in [9.17, 15) is 10.1 Å². The highest BCUT2D eigenvalue weighted by Gasteiger charge is 2.12. The lowest BCUT2D eigenvalue weighted by Gasteiger charge is -2.11. The minimum Gasteiger partial charge on any atom is -0.493 e. The molecule has 2 aromatic carbocycles. The van der Waals surface area contributed by atoms with Crippen LogP contribution in [0.3, 0.4) is 0 Å². The van der Waals surface area contributed by atoms with E-state index in [0.29, 0.717) is 40.7 Å². The van der Waals surface area contributed by atoms with Crippen LogP contribution < -0.4 is 18.9 Å². The number of hydrogen-bond donors (Lipinski definition) is 0. The fourth-order valence-corrected chi connectivity index (χ4v) is 2.47. The van der Waals surface area contributed by atoms with Crippen molar-refractivity contribution in [2.45, 2.75) is 13.8 Å². The second kappa shape index (κ2) is 9.30. The summed E-state index contributed by atoms with van der Waals surface area (Å²) in [6.07, 6.45) is 1.73. The lowest BCUT2D eigenvalue weighted by atomic mass is 10.0. The Hall–Kier alpha value is -3.46. The summed E-state index contributed by atoms with van der Waals surface area (Å²) >= 11 is 0. The Kier molecular flexibility index (Phi) is 6.84. The van der Waals surface area contributed by atoms with Gasteiger partial charge in [-0.15, -0.1) is 0 Å². The average molecular weight is 367 g/mol. The molecule has 0 aliphatic heterocycles. The number of nitriles is 1. The Labute approximate surface area is 158 Å². The minimum atomic E-state index is -0.440. The van der Waals surface area contributed by atoms with E-state index in [1.54, 1.807) is 50.6 Å². The van der Waals surface area contributed by atoms with Crippen LogP contribution in [0.2, 0.25) is 0 Å². The van der Waals surface area contributed by atoms with Gasteiger partial charge in [-0.05, 0) is 54.5 Å². The summed E-state index contributed by atoms with van der Waals surface area (Å²) < 4.78 is 21.2. The van der Waals surface area contributed by atoms with Crippen molar-refractivity contribution in [3.63, 3.8) is 0 Å². The summed E-state index contributed by atoms with van der Waals surface area (Å²) in [6.45, 7) is 3.55. The largest absolute Gasteiger partial charge is 0.493 e. The van der Waals surface area contributed by atoms with Crippen molar-refractivity contribution >= 4 is 17.6 Å². The molecule has 0 unspecified atom stereocenters. The van der Waals surface area contributed by atoms with Crippen molar-refractivity contribution in [3.8, 4) is 29.1 Å². The molecule has 0 aliphatic carbocycles. The first-order valence-corrected chi connectivity index (χ1v) is 8.31. The third kappa shape index (κ3) is 5.02. The highest BCUT2D eigenvalue weighted by Crippen LogP contribution is 2.33. The Balaban J connectivity index is 2.45. The van der Waals surface area contributed by atoms with Crippen molar-refractivity contribution in [1.29, 1.82) is 5.26 Å². The average Bonchev–Trinajstić information content (AvgIpc) is 2.67. The summed E-state index contributed by atoms with van der Waals surface area (Å²) in [4.78, 5) is 11.2. The summed E-state index contributed by atoms with van der Waals surface area (Å²) in [7, 11) is 3.12. The second-order valence-corrected chi connectivity index (χ2v) is 5.47. The maximum atomic E-state index is 11.2. The number of allylic oxidation sites excluding steroid dienone is 1. The maximum absolute atomic E-state index is 11.2. The molecule has 0 fully saturated rings. The van der Waals surface area contributed by atoms with Crippen LogP contribution in [0.15, 0.2) is 36.4 Å². The predicted molar refractivity (Wildman–Crippen MR) is 102 cm³/mol. The van der Waals surface area contributed by atoms with Crippen LogP contribution in [0.1, 0.15) is 25.0 Å². The van der Waals surface area contributed by atoms with Gasteiger partial charge in [0.15, 0.2) is 23.0 Å². The molecule has 0 bridgehead atoms. The number of hydrogen-bond acceptors (Lipinski definition) is 6. The van der Waals surface area contributed by atoms with Gasteiger partial charge in [0, 0.05) is 6.92 Å².